The lowest BCUT2D eigenvalue weighted by Crippen LogP contribution is -2.62. The van der Waals surface area contributed by atoms with E-state index in [-0.39, 0.29) is 50.3 Å². The van der Waals surface area contributed by atoms with E-state index in [4.69, 9.17) is 17.2 Å². The number of nitrogens with one attached hydrogen (secondary N) is 8. The van der Waals surface area contributed by atoms with Crippen LogP contribution in [0.4, 0.5) is 0 Å². The number of likely N-dealkylation sites (tertiary alicyclic amines) is 1. The van der Waals surface area contributed by atoms with Crippen LogP contribution in [-0.4, -0.2) is 193 Å². The minimum absolute atomic E-state index is 0.0203. The number of hydrogen-bond acceptors (Lipinski definition) is 18. The number of aromatic amines is 1. The Morgan fingerprint density at radius 2 is 1.24 bits per heavy atom. The van der Waals surface area contributed by atoms with Gasteiger partial charge in [-0.15, -0.1) is 0 Å². The van der Waals surface area contributed by atoms with Gasteiger partial charge in [0.1, 0.15) is 48.3 Å². The van der Waals surface area contributed by atoms with Gasteiger partial charge in [0.25, 0.3) is 0 Å². The molecule has 0 unspecified atom stereocenters. The van der Waals surface area contributed by atoms with Crippen molar-refractivity contribution in [3.05, 3.63) is 18.2 Å². The SMILES string of the molecule is C[C@@H](O)[C@H](NC(=O)[C@H](CO)NC(=O)[C@H](CCCCN)NC(=O)[C@@H](N)CS)C(=O)N[C@@H](Cc1cnc[nH]1)C(=O)N1CCC[C@H]1C(=O)N[C@@H](CCCCN)C(=O)N[C@@H](CO)C(=O)N[C@@H](CS)C(=O)O. The summed E-state index contributed by atoms with van der Waals surface area (Å²) in [5.74, 6) is -8.89. The minimum atomic E-state index is -1.77. The lowest BCUT2D eigenvalue weighted by atomic mass is 10.0. The molecule has 28 heteroatoms. The zero-order valence-electron chi connectivity index (χ0n) is 37.2. The highest BCUT2D eigenvalue weighted by molar-refractivity contribution is 7.80. The van der Waals surface area contributed by atoms with Gasteiger partial charge in [0.05, 0.1) is 31.7 Å². The van der Waals surface area contributed by atoms with Crippen LogP contribution in [0.1, 0.15) is 64.0 Å². The Hall–Kier alpha value is -5.10. The molecule has 0 aliphatic carbocycles. The summed E-state index contributed by atoms with van der Waals surface area (Å²) in [6.45, 7) is -0.140. The molecule has 1 fully saturated rings. The molecule has 8 amide bonds. The monoisotopic (exact) mass is 989 g/mol. The van der Waals surface area contributed by atoms with E-state index >= 15 is 0 Å². The smallest absolute Gasteiger partial charge is 0.327 e. The number of carboxylic acids is 1. The molecule has 0 bridgehead atoms. The molecule has 1 aromatic heterocycles. The number of thiol groups is 2. The molecule has 1 aliphatic rings. The highest BCUT2D eigenvalue weighted by Crippen LogP contribution is 2.20. The zero-order valence-corrected chi connectivity index (χ0v) is 39.0. The van der Waals surface area contributed by atoms with Crippen molar-refractivity contribution < 1.29 is 63.6 Å². The third kappa shape index (κ3) is 18.8. The summed E-state index contributed by atoms with van der Waals surface area (Å²) >= 11 is 7.88. The number of aliphatic carboxylic acids is 1. The number of carboxylic acid groups (broad SMARTS) is 1. The topological polar surface area (TPSA) is 429 Å². The maximum atomic E-state index is 14.4. The molecule has 0 radical (unpaired) electrons. The van der Waals surface area contributed by atoms with Gasteiger partial charge in [-0.25, -0.2) is 9.78 Å². The quantitative estimate of drug-likeness (QED) is 0.0243. The molecule has 2 heterocycles. The number of unbranched alkanes of at least 4 members (excludes halogenated alkanes) is 2. The van der Waals surface area contributed by atoms with Crippen molar-refractivity contribution in [1.82, 2.24) is 52.1 Å². The van der Waals surface area contributed by atoms with E-state index in [1.165, 1.54) is 24.3 Å². The van der Waals surface area contributed by atoms with E-state index in [0.717, 1.165) is 0 Å². The van der Waals surface area contributed by atoms with Gasteiger partial charge in [-0.2, -0.15) is 25.3 Å². The van der Waals surface area contributed by atoms with Crippen LogP contribution in [0.2, 0.25) is 0 Å². The number of carbonyl (C=O) groups excluding carboxylic acids is 8. The molecule has 18 N–H and O–H groups in total. The Morgan fingerprint density at radius 1 is 0.731 bits per heavy atom. The van der Waals surface area contributed by atoms with Crippen molar-refractivity contribution >= 4 is 78.5 Å². The third-order valence-corrected chi connectivity index (χ3v) is 11.4. The number of amides is 8. The van der Waals surface area contributed by atoms with Crippen molar-refractivity contribution in [1.29, 1.82) is 0 Å². The number of nitrogens with two attached hydrogens (primary N) is 3. The second-order valence-corrected chi connectivity index (χ2v) is 16.5. The molecule has 2 rings (SSSR count). The second kappa shape index (κ2) is 30.3. The summed E-state index contributed by atoms with van der Waals surface area (Å²) in [6, 6.07) is -12.7. The lowest BCUT2D eigenvalue weighted by molar-refractivity contribution is -0.143. The standard InChI is InChI=1S/C39H67N13O13S2/c1-20(55)30(51-35(60)27(16-54)49-32(57)23(7-2-4-10-40)45-31(56)22(42)17-66)37(62)47-25(13-21-14-43-19-44-21)38(63)52-12-6-9-29(52)36(61)46-24(8-3-5-11-41)33(58)48-26(15-53)34(59)50-28(18-67)39(64)65/h14,19-20,22-30,53-55,66-67H,2-13,15-18,40-42H2,1H3,(H,43,44)(H,45,56)(H,46,61)(H,47,62)(H,48,58)(H,49,57)(H,50,59)(H,51,60)(H,64,65)/t20-,22+,23+,24+,25+,26+,27+,28+,29+,30+/m1/s1. The van der Waals surface area contributed by atoms with Crippen LogP contribution in [0.15, 0.2) is 12.5 Å². The Morgan fingerprint density at radius 3 is 1.72 bits per heavy atom. The highest BCUT2D eigenvalue weighted by Gasteiger charge is 2.41. The molecule has 1 aromatic rings. The average molecular weight is 990 g/mol. The van der Waals surface area contributed by atoms with E-state index < -0.39 is 127 Å². The number of H-pyrrole nitrogens is 1. The van der Waals surface area contributed by atoms with Crippen LogP contribution in [0.25, 0.3) is 0 Å². The van der Waals surface area contributed by atoms with Crippen molar-refractivity contribution in [3.8, 4) is 0 Å². The molecule has 10 atom stereocenters. The molecule has 0 spiro atoms. The molecule has 378 valence electrons. The molecular formula is C39H67N13O13S2. The van der Waals surface area contributed by atoms with Crippen molar-refractivity contribution in [3.63, 3.8) is 0 Å². The second-order valence-electron chi connectivity index (χ2n) is 15.8. The maximum absolute atomic E-state index is 14.4. The number of carbonyl (C=O) groups is 9. The Kier molecular flexibility index (Phi) is 26.3. The molecule has 1 aliphatic heterocycles. The van der Waals surface area contributed by atoms with Crippen LogP contribution in [-0.2, 0) is 49.6 Å². The number of aliphatic hydroxyl groups excluding tert-OH is 3. The molecular weight excluding hydrogens is 923 g/mol. The van der Waals surface area contributed by atoms with E-state index in [2.05, 4.69) is 72.4 Å². The van der Waals surface area contributed by atoms with Gasteiger partial charge in [-0.1, -0.05) is 0 Å². The first-order valence-corrected chi connectivity index (χ1v) is 23.0. The first-order chi connectivity index (χ1) is 31.9. The number of aromatic nitrogens is 2. The van der Waals surface area contributed by atoms with Gasteiger partial charge in [-0.3, -0.25) is 38.4 Å². The van der Waals surface area contributed by atoms with Crippen molar-refractivity contribution in [2.45, 2.75) is 125 Å². The summed E-state index contributed by atoms with van der Waals surface area (Å²) < 4.78 is 0. The van der Waals surface area contributed by atoms with Gasteiger partial charge >= 0.3 is 5.97 Å². The van der Waals surface area contributed by atoms with Crippen LogP contribution in [0, 0.1) is 0 Å². The first-order valence-electron chi connectivity index (χ1n) is 21.8. The number of nitrogens with zero attached hydrogens (tertiary/aromatic N) is 2. The van der Waals surface area contributed by atoms with Crippen LogP contribution in [0.3, 0.4) is 0 Å². The molecule has 0 aromatic carbocycles. The molecule has 1 saturated heterocycles. The van der Waals surface area contributed by atoms with Crippen LogP contribution in [0.5, 0.6) is 0 Å². The van der Waals surface area contributed by atoms with Crippen molar-refractivity contribution in [2.75, 3.05) is 44.4 Å². The summed E-state index contributed by atoms with van der Waals surface area (Å²) in [4.78, 5) is 127. The number of hydrogen-bond donors (Lipinski definition) is 17. The Bertz CT molecular complexity index is 1800. The van der Waals surface area contributed by atoms with Crippen molar-refractivity contribution in [2.24, 2.45) is 17.2 Å². The Labute approximate surface area is 398 Å². The number of aliphatic hydroxyl groups is 3. The minimum Gasteiger partial charge on any atom is -0.480 e. The Balaban J connectivity index is 2.31. The van der Waals surface area contributed by atoms with Gasteiger partial charge in [-0.05, 0) is 71.4 Å². The number of rotatable bonds is 31. The lowest BCUT2D eigenvalue weighted by Gasteiger charge is -2.31. The van der Waals surface area contributed by atoms with Gasteiger partial charge in [0, 0.05) is 36.4 Å². The van der Waals surface area contributed by atoms with Gasteiger partial charge in [0.2, 0.25) is 47.3 Å². The van der Waals surface area contributed by atoms with Crippen LogP contribution >= 0.6 is 25.3 Å². The first kappa shape index (κ1) is 58.0. The maximum Gasteiger partial charge on any atom is 0.327 e. The van der Waals surface area contributed by atoms with E-state index in [9.17, 15) is 63.6 Å². The van der Waals surface area contributed by atoms with E-state index in [0.29, 0.717) is 44.3 Å². The molecule has 26 nitrogen and oxygen atoms in total. The summed E-state index contributed by atoms with van der Waals surface area (Å²) in [6.07, 6.45) is 3.13. The van der Waals surface area contributed by atoms with Crippen LogP contribution < -0.4 is 54.4 Å². The van der Waals surface area contributed by atoms with Gasteiger partial charge < -0.3 is 84.7 Å². The summed E-state index contributed by atoms with van der Waals surface area (Å²) in [7, 11) is 0. The van der Waals surface area contributed by atoms with Gasteiger partial charge in [0.15, 0.2) is 0 Å². The average Bonchev–Trinajstić information content (AvgIpc) is 4.02. The summed E-state index contributed by atoms with van der Waals surface area (Å²) in [5, 5.41) is 56.7. The molecule has 0 saturated carbocycles. The normalized spacial score (nSPS) is 17.5. The summed E-state index contributed by atoms with van der Waals surface area (Å²) in [5.41, 5.74) is 17.3. The number of imidazole rings is 1. The van der Waals surface area contributed by atoms with E-state index in [1.807, 2.05) is 0 Å². The predicted octanol–water partition coefficient (Wildman–Crippen LogP) is -6.77. The molecule has 67 heavy (non-hydrogen) atoms. The highest BCUT2D eigenvalue weighted by atomic mass is 32.1. The predicted molar refractivity (Wildman–Crippen MR) is 246 cm³/mol. The zero-order chi connectivity index (χ0) is 50.2. The largest absolute Gasteiger partial charge is 0.480 e. The fourth-order valence-electron chi connectivity index (χ4n) is 6.78. The fraction of sp³-hybridized carbons (Fsp3) is 0.692. The van der Waals surface area contributed by atoms with E-state index in [1.54, 1.807) is 0 Å². The fourth-order valence-corrected chi connectivity index (χ4v) is 7.20. The third-order valence-electron chi connectivity index (χ3n) is 10.6.